The van der Waals surface area contributed by atoms with Gasteiger partial charge in [-0.2, -0.15) is 0 Å². The average molecular weight is 415 g/mol. The summed E-state index contributed by atoms with van der Waals surface area (Å²) in [7, 11) is 0. The van der Waals surface area contributed by atoms with Gasteiger partial charge in [0.05, 0.1) is 6.42 Å². The van der Waals surface area contributed by atoms with Crippen LogP contribution in [0.1, 0.15) is 50.8 Å². The third-order valence-corrected chi connectivity index (χ3v) is 5.03. The van der Waals surface area contributed by atoms with Gasteiger partial charge in [-0.25, -0.2) is 0 Å². The maximum Gasteiger partial charge on any atom is 0.243 e. The molecule has 2 rings (SSSR count). The lowest BCUT2D eigenvalue weighted by atomic mass is 10.0. The Bertz CT molecular complexity index is 841. The first-order chi connectivity index (χ1) is 13.6. The SMILES string of the molecule is CCC(C(=O)NC(C)(C)C)N(Cc1ccc(C)cc1)C(=O)Cc1ccccc1Cl. The van der Waals surface area contributed by atoms with Crippen LogP contribution in [0, 0.1) is 6.92 Å². The van der Waals surface area contributed by atoms with Crippen molar-refractivity contribution in [2.45, 2.75) is 65.6 Å². The van der Waals surface area contributed by atoms with Gasteiger partial charge in [-0.1, -0.05) is 66.6 Å². The number of benzene rings is 2. The van der Waals surface area contributed by atoms with Gasteiger partial charge in [0.1, 0.15) is 6.04 Å². The van der Waals surface area contributed by atoms with Gasteiger partial charge in [0.25, 0.3) is 0 Å². The van der Waals surface area contributed by atoms with Gasteiger partial charge in [-0.3, -0.25) is 9.59 Å². The lowest BCUT2D eigenvalue weighted by Crippen LogP contribution is -2.53. The van der Waals surface area contributed by atoms with Crippen LogP contribution >= 0.6 is 11.6 Å². The molecule has 0 radical (unpaired) electrons. The topological polar surface area (TPSA) is 49.4 Å². The molecule has 1 N–H and O–H groups in total. The maximum absolute atomic E-state index is 13.3. The molecule has 5 heteroatoms. The molecule has 0 heterocycles. The van der Waals surface area contributed by atoms with Crippen LogP contribution in [0.3, 0.4) is 0 Å². The van der Waals surface area contributed by atoms with E-state index in [1.807, 2.05) is 77.1 Å². The van der Waals surface area contributed by atoms with Crippen molar-refractivity contribution < 1.29 is 9.59 Å². The normalized spacial score (nSPS) is 12.3. The van der Waals surface area contributed by atoms with Gasteiger partial charge >= 0.3 is 0 Å². The first-order valence-corrected chi connectivity index (χ1v) is 10.4. The molecule has 0 bridgehead atoms. The van der Waals surface area contributed by atoms with Gasteiger partial charge in [0, 0.05) is 17.1 Å². The van der Waals surface area contributed by atoms with Crippen molar-refractivity contribution >= 4 is 23.4 Å². The van der Waals surface area contributed by atoms with E-state index in [1.165, 1.54) is 0 Å². The monoisotopic (exact) mass is 414 g/mol. The Morgan fingerprint density at radius 2 is 1.69 bits per heavy atom. The lowest BCUT2D eigenvalue weighted by molar-refractivity contribution is -0.141. The molecular weight excluding hydrogens is 384 g/mol. The predicted octanol–water partition coefficient (Wildman–Crippen LogP) is 4.91. The minimum absolute atomic E-state index is 0.116. The minimum Gasteiger partial charge on any atom is -0.350 e. The van der Waals surface area contributed by atoms with E-state index in [1.54, 1.807) is 11.0 Å². The second-order valence-electron chi connectivity index (χ2n) is 8.44. The molecule has 0 spiro atoms. The molecule has 0 aromatic heterocycles. The number of halogens is 1. The zero-order valence-electron chi connectivity index (χ0n) is 18.0. The molecule has 0 aliphatic rings. The molecule has 1 unspecified atom stereocenters. The average Bonchev–Trinajstić information content (AvgIpc) is 2.63. The van der Waals surface area contributed by atoms with Gasteiger partial charge < -0.3 is 10.2 Å². The van der Waals surface area contributed by atoms with Crippen LogP contribution in [-0.2, 0) is 22.6 Å². The number of hydrogen-bond acceptors (Lipinski definition) is 2. The molecule has 2 aromatic rings. The van der Waals surface area contributed by atoms with Crippen LogP contribution in [0.4, 0.5) is 0 Å². The Morgan fingerprint density at radius 1 is 1.07 bits per heavy atom. The first-order valence-electron chi connectivity index (χ1n) is 10.0. The minimum atomic E-state index is -0.550. The fourth-order valence-corrected chi connectivity index (χ4v) is 3.37. The van der Waals surface area contributed by atoms with Crippen molar-refractivity contribution in [3.8, 4) is 0 Å². The van der Waals surface area contributed by atoms with Crippen LogP contribution < -0.4 is 5.32 Å². The Hall–Kier alpha value is -2.33. The van der Waals surface area contributed by atoms with E-state index < -0.39 is 6.04 Å². The Labute approximate surface area is 179 Å². The molecular formula is C24H31ClN2O2. The number of carbonyl (C=O) groups excluding carboxylic acids is 2. The summed E-state index contributed by atoms with van der Waals surface area (Å²) in [5, 5.41) is 3.58. The molecule has 0 saturated heterocycles. The third kappa shape index (κ3) is 6.90. The standard InChI is InChI=1S/C24H31ClN2O2/c1-6-21(23(29)26-24(3,4)5)27(16-18-13-11-17(2)12-14-18)22(28)15-19-9-7-8-10-20(19)25/h7-14,21H,6,15-16H2,1-5H3,(H,26,29). The number of hydrogen-bond donors (Lipinski definition) is 1. The van der Waals surface area contributed by atoms with Crippen LogP contribution in [0.2, 0.25) is 5.02 Å². The second kappa shape index (κ2) is 9.93. The van der Waals surface area contributed by atoms with Gasteiger partial charge in [-0.05, 0) is 51.3 Å². The van der Waals surface area contributed by atoms with Crippen LogP contribution in [-0.4, -0.2) is 28.3 Å². The van der Waals surface area contributed by atoms with E-state index in [0.29, 0.717) is 18.0 Å². The number of aryl methyl sites for hydroxylation is 1. The van der Waals surface area contributed by atoms with E-state index in [9.17, 15) is 9.59 Å². The first kappa shape index (κ1) is 23.0. The molecule has 156 valence electrons. The Kier molecular flexibility index (Phi) is 7.86. The smallest absolute Gasteiger partial charge is 0.243 e. The summed E-state index contributed by atoms with van der Waals surface area (Å²) in [6.45, 7) is 10.1. The van der Waals surface area contributed by atoms with Gasteiger partial charge in [0.15, 0.2) is 0 Å². The second-order valence-corrected chi connectivity index (χ2v) is 8.85. The number of carbonyl (C=O) groups is 2. The van der Waals surface area contributed by atoms with E-state index in [0.717, 1.165) is 16.7 Å². The summed E-state index contributed by atoms with van der Waals surface area (Å²) < 4.78 is 0. The summed E-state index contributed by atoms with van der Waals surface area (Å²) in [5.74, 6) is -0.255. The molecule has 2 aromatic carbocycles. The van der Waals surface area contributed by atoms with Gasteiger partial charge in [0.2, 0.25) is 11.8 Å². The number of amides is 2. The molecule has 0 saturated carbocycles. The third-order valence-electron chi connectivity index (χ3n) is 4.66. The molecule has 29 heavy (non-hydrogen) atoms. The summed E-state index contributed by atoms with van der Waals surface area (Å²) >= 11 is 6.26. The molecule has 1 atom stereocenters. The van der Waals surface area contributed by atoms with E-state index in [2.05, 4.69) is 5.32 Å². The number of nitrogens with zero attached hydrogens (tertiary/aromatic N) is 1. The highest BCUT2D eigenvalue weighted by atomic mass is 35.5. The summed E-state index contributed by atoms with van der Waals surface area (Å²) in [6, 6.07) is 14.8. The molecule has 2 amide bonds. The molecule has 0 aliphatic carbocycles. The highest BCUT2D eigenvalue weighted by molar-refractivity contribution is 6.31. The zero-order valence-corrected chi connectivity index (χ0v) is 18.7. The van der Waals surface area contributed by atoms with Crippen molar-refractivity contribution in [3.63, 3.8) is 0 Å². The Morgan fingerprint density at radius 3 is 2.24 bits per heavy atom. The van der Waals surface area contributed by atoms with E-state index in [-0.39, 0.29) is 23.8 Å². The lowest BCUT2D eigenvalue weighted by Gasteiger charge is -2.33. The zero-order chi connectivity index (χ0) is 21.6. The number of nitrogens with one attached hydrogen (secondary N) is 1. The Balaban J connectivity index is 2.32. The maximum atomic E-state index is 13.3. The summed E-state index contributed by atoms with van der Waals surface area (Å²) in [5.41, 5.74) is 2.54. The van der Waals surface area contributed by atoms with Crippen molar-refractivity contribution in [3.05, 3.63) is 70.2 Å². The fraction of sp³-hybridized carbons (Fsp3) is 0.417. The largest absolute Gasteiger partial charge is 0.350 e. The van der Waals surface area contributed by atoms with Crippen molar-refractivity contribution in [1.29, 1.82) is 0 Å². The predicted molar refractivity (Wildman–Crippen MR) is 119 cm³/mol. The molecule has 4 nitrogen and oxygen atoms in total. The van der Waals surface area contributed by atoms with Gasteiger partial charge in [-0.15, -0.1) is 0 Å². The summed E-state index contributed by atoms with van der Waals surface area (Å²) in [6.07, 6.45) is 0.687. The van der Waals surface area contributed by atoms with Crippen LogP contribution in [0.25, 0.3) is 0 Å². The number of rotatable bonds is 7. The van der Waals surface area contributed by atoms with E-state index in [4.69, 9.17) is 11.6 Å². The van der Waals surface area contributed by atoms with Crippen LogP contribution in [0.5, 0.6) is 0 Å². The molecule has 0 aliphatic heterocycles. The van der Waals surface area contributed by atoms with Crippen molar-refractivity contribution in [1.82, 2.24) is 10.2 Å². The van der Waals surface area contributed by atoms with E-state index >= 15 is 0 Å². The highest BCUT2D eigenvalue weighted by Crippen LogP contribution is 2.20. The quantitative estimate of drug-likeness (QED) is 0.699. The van der Waals surface area contributed by atoms with Crippen LogP contribution in [0.15, 0.2) is 48.5 Å². The fourth-order valence-electron chi connectivity index (χ4n) is 3.17. The van der Waals surface area contributed by atoms with Crippen molar-refractivity contribution in [2.75, 3.05) is 0 Å². The van der Waals surface area contributed by atoms with Crippen molar-refractivity contribution in [2.24, 2.45) is 0 Å². The summed E-state index contributed by atoms with van der Waals surface area (Å²) in [4.78, 5) is 27.9. The molecule has 0 fully saturated rings. The highest BCUT2D eigenvalue weighted by Gasteiger charge is 2.30.